The normalized spacial score (nSPS) is 14.1. The number of nitrogens with two attached hydrogens (primary N) is 2. The average molecular weight is 245 g/mol. The molecule has 2 atom stereocenters. The number of carbonyl (C=O) groups is 3. The number of amides is 2. The van der Waals surface area contributed by atoms with Gasteiger partial charge in [-0.2, -0.15) is 0 Å². The van der Waals surface area contributed by atoms with Crippen molar-refractivity contribution in [1.82, 2.24) is 5.32 Å². The molecule has 0 heterocycles. The van der Waals surface area contributed by atoms with Gasteiger partial charge < -0.3 is 21.9 Å². The van der Waals surface area contributed by atoms with Gasteiger partial charge in [-0.15, -0.1) is 0 Å². The molecule has 0 aliphatic heterocycles. The minimum atomic E-state index is -1.30. The molecule has 98 valence electrons. The van der Waals surface area contributed by atoms with Crippen LogP contribution in [0, 0.1) is 11.8 Å². The number of rotatable bonds is 7. The highest BCUT2D eigenvalue weighted by atomic mass is 16.4. The number of nitrogens with one attached hydrogen (secondary N) is 1. The van der Waals surface area contributed by atoms with E-state index in [2.05, 4.69) is 5.32 Å². The molecule has 0 spiro atoms. The lowest BCUT2D eigenvalue weighted by atomic mass is 9.94. The molecule has 0 aromatic rings. The van der Waals surface area contributed by atoms with E-state index in [0.717, 1.165) is 0 Å². The maximum atomic E-state index is 11.7. The molecule has 0 bridgehead atoms. The Hall–Kier alpha value is -1.63. The van der Waals surface area contributed by atoms with Crippen LogP contribution in [0.15, 0.2) is 0 Å². The van der Waals surface area contributed by atoms with Crippen LogP contribution < -0.4 is 16.8 Å². The summed E-state index contributed by atoms with van der Waals surface area (Å²) in [5, 5.41) is 11.1. The zero-order chi connectivity index (χ0) is 13.6. The molecule has 7 heteroatoms. The van der Waals surface area contributed by atoms with Gasteiger partial charge in [0.05, 0.1) is 12.3 Å². The van der Waals surface area contributed by atoms with Crippen molar-refractivity contribution in [3.8, 4) is 0 Å². The molecule has 0 aliphatic carbocycles. The van der Waals surface area contributed by atoms with Gasteiger partial charge >= 0.3 is 5.97 Å². The van der Waals surface area contributed by atoms with Crippen molar-refractivity contribution in [3.05, 3.63) is 0 Å². The van der Waals surface area contributed by atoms with Gasteiger partial charge in [0.2, 0.25) is 11.8 Å². The smallest absolute Gasteiger partial charge is 0.326 e. The third kappa shape index (κ3) is 5.30. The van der Waals surface area contributed by atoms with Crippen molar-refractivity contribution in [1.29, 1.82) is 0 Å². The Bertz CT molecular complexity index is 304. The van der Waals surface area contributed by atoms with Gasteiger partial charge in [0.1, 0.15) is 6.04 Å². The third-order valence-corrected chi connectivity index (χ3v) is 2.42. The first-order valence-electron chi connectivity index (χ1n) is 5.31. The Kier molecular flexibility index (Phi) is 6.19. The van der Waals surface area contributed by atoms with E-state index >= 15 is 0 Å². The largest absolute Gasteiger partial charge is 0.480 e. The first-order valence-corrected chi connectivity index (χ1v) is 5.31. The van der Waals surface area contributed by atoms with E-state index in [9.17, 15) is 14.4 Å². The summed E-state index contributed by atoms with van der Waals surface area (Å²) in [6, 6.07) is -1.30. The lowest BCUT2D eigenvalue weighted by Gasteiger charge is -2.21. The molecule has 0 saturated heterocycles. The van der Waals surface area contributed by atoms with Crippen LogP contribution in [0.5, 0.6) is 0 Å². The summed E-state index contributed by atoms with van der Waals surface area (Å²) in [4.78, 5) is 33.2. The summed E-state index contributed by atoms with van der Waals surface area (Å²) < 4.78 is 0. The van der Waals surface area contributed by atoms with Crippen LogP contribution in [-0.2, 0) is 14.4 Å². The molecule has 0 aliphatic rings. The van der Waals surface area contributed by atoms with Gasteiger partial charge in [0.15, 0.2) is 0 Å². The van der Waals surface area contributed by atoms with Crippen molar-refractivity contribution in [3.63, 3.8) is 0 Å². The van der Waals surface area contributed by atoms with E-state index < -0.39 is 36.2 Å². The number of carbonyl (C=O) groups excluding carboxylic acids is 2. The molecule has 6 N–H and O–H groups in total. The molecule has 0 rings (SSSR count). The summed E-state index contributed by atoms with van der Waals surface area (Å²) in [5.74, 6) is -3.05. The van der Waals surface area contributed by atoms with E-state index in [0.29, 0.717) is 0 Å². The summed E-state index contributed by atoms with van der Waals surface area (Å²) in [6.45, 7) is 3.73. The van der Waals surface area contributed by atoms with E-state index in [1.165, 1.54) is 0 Å². The Morgan fingerprint density at radius 1 is 1.29 bits per heavy atom. The molecule has 0 fully saturated rings. The monoisotopic (exact) mass is 245 g/mol. The second kappa shape index (κ2) is 6.85. The van der Waals surface area contributed by atoms with E-state index in [-0.39, 0.29) is 12.5 Å². The predicted octanol–water partition coefficient (Wildman–Crippen LogP) is -1.34. The summed E-state index contributed by atoms with van der Waals surface area (Å²) >= 11 is 0. The summed E-state index contributed by atoms with van der Waals surface area (Å²) in [6.07, 6.45) is -0.434. The molecule has 0 aromatic heterocycles. The number of carboxylic acid groups (broad SMARTS) is 1. The second-order valence-corrected chi connectivity index (χ2v) is 4.16. The minimum absolute atomic E-state index is 0.0111. The van der Waals surface area contributed by atoms with Crippen molar-refractivity contribution < 1.29 is 19.5 Å². The fourth-order valence-corrected chi connectivity index (χ4v) is 1.36. The Labute approximate surface area is 99.5 Å². The van der Waals surface area contributed by atoms with Gasteiger partial charge in [-0.1, -0.05) is 13.8 Å². The molecular weight excluding hydrogens is 226 g/mol. The van der Waals surface area contributed by atoms with Gasteiger partial charge in [0.25, 0.3) is 0 Å². The zero-order valence-electron chi connectivity index (χ0n) is 9.97. The Morgan fingerprint density at radius 3 is 2.12 bits per heavy atom. The van der Waals surface area contributed by atoms with E-state index in [4.69, 9.17) is 16.6 Å². The summed E-state index contributed by atoms with van der Waals surface area (Å²) in [7, 11) is 0. The molecule has 0 radical (unpaired) electrons. The molecule has 7 nitrogen and oxygen atoms in total. The predicted molar refractivity (Wildman–Crippen MR) is 60.8 cm³/mol. The number of hydrogen-bond acceptors (Lipinski definition) is 4. The highest BCUT2D eigenvalue weighted by molar-refractivity contribution is 5.89. The number of aliphatic carboxylic acids is 1. The first kappa shape index (κ1) is 15.4. The Balaban J connectivity index is 4.59. The van der Waals surface area contributed by atoms with E-state index in [1.807, 2.05) is 0 Å². The van der Waals surface area contributed by atoms with Crippen molar-refractivity contribution >= 4 is 17.8 Å². The lowest BCUT2D eigenvalue weighted by molar-refractivity contribution is -0.144. The lowest BCUT2D eigenvalue weighted by Crippen LogP contribution is -2.48. The van der Waals surface area contributed by atoms with Gasteiger partial charge in [-0.25, -0.2) is 4.79 Å². The zero-order valence-corrected chi connectivity index (χ0v) is 9.97. The molecular formula is C10H19N3O4. The molecule has 0 aromatic carbocycles. The second-order valence-electron chi connectivity index (χ2n) is 4.16. The number of primary amides is 1. The van der Waals surface area contributed by atoms with Crippen LogP contribution >= 0.6 is 0 Å². The van der Waals surface area contributed by atoms with Crippen LogP contribution in [0.2, 0.25) is 0 Å². The van der Waals surface area contributed by atoms with Gasteiger partial charge in [-0.3, -0.25) is 9.59 Å². The highest BCUT2D eigenvalue weighted by Gasteiger charge is 2.27. The van der Waals surface area contributed by atoms with Crippen LogP contribution in [0.3, 0.4) is 0 Å². The minimum Gasteiger partial charge on any atom is -0.480 e. The first-order chi connectivity index (χ1) is 7.79. The fourth-order valence-electron chi connectivity index (χ4n) is 1.36. The molecule has 0 saturated carbocycles. The molecule has 17 heavy (non-hydrogen) atoms. The van der Waals surface area contributed by atoms with Crippen molar-refractivity contribution in [2.75, 3.05) is 6.54 Å². The summed E-state index contributed by atoms with van der Waals surface area (Å²) in [5.41, 5.74) is 10.3. The SMILES string of the molecule is CC(C)C(CN)C(=O)N[C@@H](CC(N)=O)C(=O)O. The standard InChI is InChI=1S/C10H19N3O4/c1-5(2)6(4-11)9(15)13-7(10(16)17)3-8(12)14/h5-7H,3-4,11H2,1-2H3,(H2,12,14)(H,13,15)(H,16,17)/t6?,7-/m0/s1. The quantitative estimate of drug-likeness (QED) is 0.440. The van der Waals surface area contributed by atoms with Crippen LogP contribution in [0.25, 0.3) is 0 Å². The van der Waals surface area contributed by atoms with E-state index in [1.54, 1.807) is 13.8 Å². The van der Waals surface area contributed by atoms with Gasteiger partial charge in [-0.05, 0) is 5.92 Å². The maximum Gasteiger partial charge on any atom is 0.326 e. The maximum absolute atomic E-state index is 11.7. The molecule has 1 unspecified atom stereocenters. The topological polar surface area (TPSA) is 136 Å². The molecule has 2 amide bonds. The van der Waals surface area contributed by atoms with Crippen LogP contribution in [0.4, 0.5) is 0 Å². The Morgan fingerprint density at radius 2 is 1.82 bits per heavy atom. The van der Waals surface area contributed by atoms with Crippen molar-refractivity contribution in [2.45, 2.75) is 26.3 Å². The number of carboxylic acids is 1. The van der Waals surface area contributed by atoms with Crippen LogP contribution in [-0.4, -0.2) is 35.5 Å². The number of hydrogen-bond donors (Lipinski definition) is 4. The average Bonchev–Trinajstić information content (AvgIpc) is 2.15. The third-order valence-electron chi connectivity index (χ3n) is 2.42. The van der Waals surface area contributed by atoms with Crippen LogP contribution in [0.1, 0.15) is 20.3 Å². The highest BCUT2D eigenvalue weighted by Crippen LogP contribution is 2.09. The van der Waals surface area contributed by atoms with Crippen molar-refractivity contribution in [2.24, 2.45) is 23.3 Å². The fraction of sp³-hybridized carbons (Fsp3) is 0.700. The van der Waals surface area contributed by atoms with Gasteiger partial charge in [0, 0.05) is 6.54 Å².